The second-order valence-electron chi connectivity index (χ2n) is 9.42. The molecule has 1 aliphatic carbocycles. The highest BCUT2D eigenvalue weighted by molar-refractivity contribution is 5.77. The zero-order chi connectivity index (χ0) is 23.1. The van der Waals surface area contributed by atoms with Crippen LogP contribution in [0.25, 0.3) is 0 Å². The van der Waals surface area contributed by atoms with Crippen LogP contribution in [-0.2, 0) is 4.79 Å². The van der Waals surface area contributed by atoms with E-state index in [1.165, 1.54) is 5.57 Å². The molecule has 2 aliphatic rings. The summed E-state index contributed by atoms with van der Waals surface area (Å²) in [5.74, 6) is 2.79. The minimum Gasteiger partial charge on any atom is -0.353 e. The van der Waals surface area contributed by atoms with Gasteiger partial charge in [0.2, 0.25) is 5.91 Å². The van der Waals surface area contributed by atoms with Crippen LogP contribution in [0.5, 0.6) is 0 Å². The van der Waals surface area contributed by atoms with E-state index in [-0.39, 0.29) is 17.9 Å². The van der Waals surface area contributed by atoms with Gasteiger partial charge in [0.1, 0.15) is 5.82 Å². The molecular weight excluding hydrogens is 402 g/mol. The van der Waals surface area contributed by atoms with E-state index >= 15 is 0 Å². The van der Waals surface area contributed by atoms with Crippen molar-refractivity contribution in [3.8, 4) is 0 Å². The molecule has 0 aromatic carbocycles. The highest BCUT2D eigenvalue weighted by atomic mass is 16.2. The lowest BCUT2D eigenvalue weighted by Gasteiger charge is -2.39. The van der Waals surface area contributed by atoms with Crippen LogP contribution >= 0.6 is 0 Å². The first-order valence-electron chi connectivity index (χ1n) is 12.0. The summed E-state index contributed by atoms with van der Waals surface area (Å²) < 4.78 is 0. The molecule has 3 amide bonds. The number of hydrogen-bond acceptors (Lipinski definition) is 4. The Labute approximate surface area is 192 Å². The molecule has 2 N–H and O–H groups in total. The molecule has 0 saturated carbocycles. The van der Waals surface area contributed by atoms with Crippen LogP contribution in [0.4, 0.5) is 10.6 Å². The number of rotatable bonds is 7. The van der Waals surface area contributed by atoms with Gasteiger partial charge in [0.25, 0.3) is 0 Å². The van der Waals surface area contributed by atoms with Gasteiger partial charge >= 0.3 is 6.03 Å². The quantitative estimate of drug-likeness (QED) is 0.637. The molecule has 32 heavy (non-hydrogen) atoms. The third kappa shape index (κ3) is 6.24. The molecule has 1 aliphatic heterocycles. The molecule has 3 unspecified atom stereocenters. The van der Waals surface area contributed by atoms with Crippen LogP contribution in [0.2, 0.25) is 0 Å². The number of allylic oxidation sites excluding steroid dienone is 1. The fraction of sp³-hybridized carbons (Fsp3) is 0.640. The summed E-state index contributed by atoms with van der Waals surface area (Å²) in [5.41, 5.74) is 1.28. The lowest BCUT2D eigenvalue weighted by Crippen LogP contribution is -2.49. The van der Waals surface area contributed by atoms with E-state index in [9.17, 15) is 9.59 Å². The lowest BCUT2D eigenvalue weighted by molar-refractivity contribution is -0.132. The Kier molecular flexibility index (Phi) is 8.53. The van der Waals surface area contributed by atoms with Crippen molar-refractivity contribution in [1.82, 2.24) is 20.5 Å². The molecule has 7 heteroatoms. The number of urea groups is 1. The largest absolute Gasteiger partial charge is 0.353 e. The van der Waals surface area contributed by atoms with Gasteiger partial charge in [-0.05, 0) is 56.1 Å². The standard InChI is InChI=1S/C25H39N5O2/c1-5-26-25(32)28-17-21-14-19(4)20(15-22(21)18(2)3)16-24(31)30-12-10-29(11-13-30)23-8-6-7-9-27-23/h6-9,14,18,20-22H,5,10-13,15-17H2,1-4H3,(H2,26,28,32). The summed E-state index contributed by atoms with van der Waals surface area (Å²) >= 11 is 0. The van der Waals surface area contributed by atoms with E-state index in [1.54, 1.807) is 0 Å². The van der Waals surface area contributed by atoms with Crippen molar-refractivity contribution in [3.63, 3.8) is 0 Å². The predicted octanol–water partition coefficient (Wildman–Crippen LogP) is 3.29. The number of carbonyl (C=O) groups is 2. The molecule has 7 nitrogen and oxygen atoms in total. The normalized spacial score (nSPS) is 23.7. The van der Waals surface area contributed by atoms with Gasteiger partial charge in [-0.25, -0.2) is 9.78 Å². The topological polar surface area (TPSA) is 77.6 Å². The Balaban J connectivity index is 1.55. The molecule has 3 atom stereocenters. The second kappa shape index (κ2) is 11.3. The smallest absolute Gasteiger partial charge is 0.314 e. The molecule has 1 aromatic heterocycles. The Morgan fingerprint density at radius 3 is 2.53 bits per heavy atom. The fourth-order valence-corrected chi connectivity index (χ4v) is 5.01. The molecule has 3 rings (SSSR count). The summed E-state index contributed by atoms with van der Waals surface area (Å²) in [5, 5.41) is 5.80. The highest BCUT2D eigenvalue weighted by Crippen LogP contribution is 2.39. The van der Waals surface area contributed by atoms with Crippen molar-refractivity contribution in [2.24, 2.45) is 23.7 Å². The summed E-state index contributed by atoms with van der Waals surface area (Å²) in [4.78, 5) is 33.6. The summed E-state index contributed by atoms with van der Waals surface area (Å²) in [6.45, 7) is 13.0. The van der Waals surface area contributed by atoms with E-state index < -0.39 is 0 Å². The molecular formula is C25H39N5O2. The van der Waals surface area contributed by atoms with Crippen LogP contribution in [0.15, 0.2) is 36.0 Å². The first-order chi connectivity index (χ1) is 15.4. The van der Waals surface area contributed by atoms with Gasteiger partial charge in [-0.15, -0.1) is 0 Å². The number of nitrogens with zero attached hydrogens (tertiary/aromatic N) is 3. The molecule has 2 heterocycles. The average Bonchev–Trinajstić information content (AvgIpc) is 2.79. The van der Waals surface area contributed by atoms with Gasteiger partial charge in [-0.3, -0.25) is 4.79 Å². The monoisotopic (exact) mass is 441 g/mol. The van der Waals surface area contributed by atoms with Crippen molar-refractivity contribution in [1.29, 1.82) is 0 Å². The van der Waals surface area contributed by atoms with E-state index in [2.05, 4.69) is 47.4 Å². The molecule has 1 fully saturated rings. The van der Waals surface area contributed by atoms with Crippen LogP contribution in [0, 0.1) is 23.7 Å². The lowest BCUT2D eigenvalue weighted by atomic mass is 9.69. The number of amides is 3. The first-order valence-corrected chi connectivity index (χ1v) is 12.0. The zero-order valence-corrected chi connectivity index (χ0v) is 20.0. The number of aromatic nitrogens is 1. The van der Waals surface area contributed by atoms with Crippen LogP contribution in [-0.4, -0.2) is 61.1 Å². The third-order valence-electron chi connectivity index (χ3n) is 6.95. The number of anilines is 1. The van der Waals surface area contributed by atoms with Crippen molar-refractivity contribution < 1.29 is 9.59 Å². The third-order valence-corrected chi connectivity index (χ3v) is 6.95. The molecule has 1 aromatic rings. The van der Waals surface area contributed by atoms with Crippen LogP contribution in [0.3, 0.4) is 0 Å². The van der Waals surface area contributed by atoms with E-state index in [0.717, 1.165) is 38.4 Å². The number of carbonyl (C=O) groups excluding carboxylic acids is 2. The van der Waals surface area contributed by atoms with Gasteiger partial charge in [-0.2, -0.15) is 0 Å². The molecule has 176 valence electrons. The fourth-order valence-electron chi connectivity index (χ4n) is 5.01. The van der Waals surface area contributed by atoms with Gasteiger partial charge < -0.3 is 20.4 Å². The van der Waals surface area contributed by atoms with E-state index in [4.69, 9.17) is 0 Å². The zero-order valence-electron chi connectivity index (χ0n) is 20.0. The van der Waals surface area contributed by atoms with Crippen LogP contribution in [0.1, 0.15) is 40.5 Å². The van der Waals surface area contributed by atoms with Crippen LogP contribution < -0.4 is 15.5 Å². The summed E-state index contributed by atoms with van der Waals surface area (Å²) in [7, 11) is 0. The van der Waals surface area contributed by atoms with Crippen molar-refractivity contribution >= 4 is 17.8 Å². The van der Waals surface area contributed by atoms with Crippen molar-refractivity contribution in [2.75, 3.05) is 44.2 Å². The average molecular weight is 442 g/mol. The summed E-state index contributed by atoms with van der Waals surface area (Å²) in [6, 6.07) is 5.84. The maximum Gasteiger partial charge on any atom is 0.314 e. The predicted molar refractivity (Wildman–Crippen MR) is 128 cm³/mol. The minimum atomic E-state index is -0.108. The highest BCUT2D eigenvalue weighted by Gasteiger charge is 2.34. The maximum atomic E-state index is 13.1. The Hall–Kier alpha value is -2.57. The number of nitrogens with one attached hydrogen (secondary N) is 2. The van der Waals surface area contributed by atoms with Crippen molar-refractivity contribution in [3.05, 3.63) is 36.0 Å². The van der Waals surface area contributed by atoms with Gasteiger partial charge in [0, 0.05) is 51.9 Å². The number of pyridine rings is 1. The molecule has 0 bridgehead atoms. The maximum absolute atomic E-state index is 13.1. The Bertz CT molecular complexity index is 787. The van der Waals surface area contributed by atoms with E-state index in [0.29, 0.717) is 37.3 Å². The molecule has 0 radical (unpaired) electrons. The minimum absolute atomic E-state index is 0.108. The number of hydrogen-bond donors (Lipinski definition) is 2. The Morgan fingerprint density at radius 2 is 1.91 bits per heavy atom. The van der Waals surface area contributed by atoms with Crippen molar-refractivity contribution in [2.45, 2.75) is 40.5 Å². The van der Waals surface area contributed by atoms with Gasteiger partial charge in [0.15, 0.2) is 0 Å². The molecule has 0 spiro atoms. The van der Waals surface area contributed by atoms with Gasteiger partial charge in [-0.1, -0.05) is 31.6 Å². The van der Waals surface area contributed by atoms with E-state index in [1.807, 2.05) is 36.2 Å². The second-order valence-corrected chi connectivity index (χ2v) is 9.42. The molecule has 1 saturated heterocycles. The SMILES string of the molecule is CCNC(=O)NCC1C=C(C)C(CC(=O)N2CCN(c3ccccn3)CC2)CC1C(C)C. The first kappa shape index (κ1) is 24.1. The Morgan fingerprint density at radius 1 is 1.16 bits per heavy atom. The van der Waals surface area contributed by atoms with Gasteiger partial charge in [0.05, 0.1) is 0 Å². The number of piperazine rings is 1. The summed E-state index contributed by atoms with van der Waals surface area (Å²) in [6.07, 6.45) is 5.69.